The Bertz CT molecular complexity index is 324. The van der Waals surface area contributed by atoms with Gasteiger partial charge in [-0.15, -0.1) is 0 Å². The van der Waals surface area contributed by atoms with Gasteiger partial charge in [-0.3, -0.25) is 9.98 Å². The van der Waals surface area contributed by atoms with Gasteiger partial charge >= 0.3 is 0 Å². The molecule has 0 radical (unpaired) electrons. The van der Waals surface area contributed by atoms with Crippen LogP contribution in [0, 0.1) is 0 Å². The highest BCUT2D eigenvalue weighted by Gasteiger charge is 1.95. The average molecular weight is 202 g/mol. The van der Waals surface area contributed by atoms with Crippen LogP contribution in [0.3, 0.4) is 0 Å². The highest BCUT2D eigenvalue weighted by atomic mass is 14.8. The Morgan fingerprint density at radius 2 is 2.13 bits per heavy atom. The maximum Gasteiger partial charge on any atom is 0.0885 e. The molecule has 1 aromatic rings. The number of pyridine rings is 1. The van der Waals surface area contributed by atoms with Gasteiger partial charge in [0.15, 0.2) is 0 Å². The number of nitrogens with zero attached hydrogens (tertiary/aromatic N) is 2. The summed E-state index contributed by atoms with van der Waals surface area (Å²) < 4.78 is 0. The van der Waals surface area contributed by atoms with Crippen molar-refractivity contribution in [3.63, 3.8) is 0 Å². The van der Waals surface area contributed by atoms with Crippen molar-refractivity contribution in [3.05, 3.63) is 48.3 Å². The third kappa shape index (κ3) is 4.91. The molecule has 80 valence electrons. The van der Waals surface area contributed by atoms with E-state index in [1.165, 1.54) is 0 Å². The Hall–Kier alpha value is -1.70. The van der Waals surface area contributed by atoms with Gasteiger partial charge in [0.05, 0.1) is 11.4 Å². The molecule has 0 aliphatic rings. The van der Waals surface area contributed by atoms with Crippen LogP contribution in [0.1, 0.15) is 26.5 Å². The van der Waals surface area contributed by atoms with Gasteiger partial charge < -0.3 is 0 Å². The summed E-state index contributed by atoms with van der Waals surface area (Å²) in [5.74, 6) is 0. The average Bonchev–Trinajstić information content (AvgIpc) is 2.34. The molecule has 2 heteroatoms. The lowest BCUT2D eigenvalue weighted by atomic mass is 10.2. The highest BCUT2D eigenvalue weighted by molar-refractivity contribution is 5.66. The standard InChI is InChI=1S/C11H12N2.C2H6/c1-3-4-7-10(12-2)11-8-5-6-9-13-11;1-2/h3-9H,2H2,1H3;1-2H3/b4-3-,10-7-;. The SMILES string of the molecule is C=N/C(=C\C=C/C)c1ccccn1.CC. The minimum Gasteiger partial charge on any atom is -0.262 e. The molecule has 1 rings (SSSR count). The van der Waals surface area contributed by atoms with E-state index in [-0.39, 0.29) is 0 Å². The molecule has 0 N–H and O–H groups in total. The fourth-order valence-corrected chi connectivity index (χ4v) is 0.921. The third-order valence-electron chi connectivity index (χ3n) is 1.54. The van der Waals surface area contributed by atoms with E-state index < -0.39 is 0 Å². The minimum atomic E-state index is 0.790. The Balaban J connectivity index is 0.000000921. The smallest absolute Gasteiger partial charge is 0.0885 e. The first-order valence-corrected chi connectivity index (χ1v) is 5.09. The van der Waals surface area contributed by atoms with Gasteiger partial charge in [-0.25, -0.2) is 0 Å². The molecule has 0 aromatic carbocycles. The molecule has 1 aromatic heterocycles. The summed E-state index contributed by atoms with van der Waals surface area (Å²) in [4.78, 5) is 8.06. The summed E-state index contributed by atoms with van der Waals surface area (Å²) in [7, 11) is 0. The van der Waals surface area contributed by atoms with Crippen molar-refractivity contribution in [1.82, 2.24) is 4.98 Å². The van der Waals surface area contributed by atoms with Crippen LogP contribution in [0.15, 0.2) is 47.6 Å². The van der Waals surface area contributed by atoms with Gasteiger partial charge in [-0.1, -0.05) is 32.1 Å². The maximum absolute atomic E-state index is 4.17. The number of allylic oxidation sites excluding steroid dienone is 3. The van der Waals surface area contributed by atoms with E-state index in [2.05, 4.69) is 16.7 Å². The van der Waals surface area contributed by atoms with Gasteiger partial charge in [0.25, 0.3) is 0 Å². The highest BCUT2D eigenvalue weighted by Crippen LogP contribution is 2.11. The van der Waals surface area contributed by atoms with E-state index in [1.807, 2.05) is 57.2 Å². The van der Waals surface area contributed by atoms with Crippen molar-refractivity contribution in [2.45, 2.75) is 20.8 Å². The van der Waals surface area contributed by atoms with Gasteiger partial charge in [0.2, 0.25) is 0 Å². The topological polar surface area (TPSA) is 25.2 Å². The van der Waals surface area contributed by atoms with Gasteiger partial charge in [0.1, 0.15) is 0 Å². The number of hydrogen-bond acceptors (Lipinski definition) is 2. The van der Waals surface area contributed by atoms with Crippen LogP contribution in [0.4, 0.5) is 0 Å². The van der Waals surface area contributed by atoms with E-state index in [0.717, 1.165) is 11.4 Å². The van der Waals surface area contributed by atoms with E-state index in [4.69, 9.17) is 0 Å². The van der Waals surface area contributed by atoms with Gasteiger partial charge in [0, 0.05) is 6.20 Å². The molecule has 0 spiro atoms. The first kappa shape index (κ1) is 13.3. The zero-order valence-electron chi connectivity index (χ0n) is 9.64. The van der Waals surface area contributed by atoms with Crippen LogP contribution in [-0.2, 0) is 0 Å². The molecule has 2 nitrogen and oxygen atoms in total. The van der Waals surface area contributed by atoms with Crippen molar-refractivity contribution in [1.29, 1.82) is 0 Å². The molecular formula is C13H18N2. The Labute approximate surface area is 92.1 Å². The molecule has 0 aliphatic heterocycles. The van der Waals surface area contributed by atoms with Crippen LogP contribution in [-0.4, -0.2) is 11.7 Å². The second-order valence-corrected chi connectivity index (χ2v) is 2.45. The van der Waals surface area contributed by atoms with E-state index >= 15 is 0 Å². The van der Waals surface area contributed by atoms with Gasteiger partial charge in [-0.2, -0.15) is 0 Å². The summed E-state index contributed by atoms with van der Waals surface area (Å²) in [6.45, 7) is 9.45. The predicted octanol–water partition coefficient (Wildman–Crippen LogP) is 3.73. The molecule has 1 heterocycles. The summed E-state index contributed by atoms with van der Waals surface area (Å²) in [5, 5.41) is 0. The van der Waals surface area contributed by atoms with Crippen molar-refractivity contribution in [2.75, 3.05) is 0 Å². The number of aliphatic imine (C=N–C) groups is 1. The molecular weight excluding hydrogens is 184 g/mol. The molecule has 0 fully saturated rings. The minimum absolute atomic E-state index is 0.790. The first-order chi connectivity index (χ1) is 7.38. The normalized spacial score (nSPS) is 10.7. The third-order valence-corrected chi connectivity index (χ3v) is 1.54. The Morgan fingerprint density at radius 3 is 2.60 bits per heavy atom. The van der Waals surface area contributed by atoms with Crippen molar-refractivity contribution < 1.29 is 0 Å². The lowest BCUT2D eigenvalue weighted by Crippen LogP contribution is -1.83. The van der Waals surface area contributed by atoms with E-state index in [1.54, 1.807) is 6.20 Å². The molecule has 0 unspecified atom stereocenters. The monoisotopic (exact) mass is 202 g/mol. The van der Waals surface area contributed by atoms with E-state index in [9.17, 15) is 0 Å². The van der Waals surface area contributed by atoms with Crippen LogP contribution in [0.5, 0.6) is 0 Å². The largest absolute Gasteiger partial charge is 0.262 e. The number of rotatable bonds is 3. The van der Waals surface area contributed by atoms with Crippen LogP contribution in [0.25, 0.3) is 5.70 Å². The lowest BCUT2D eigenvalue weighted by molar-refractivity contribution is 1.26. The second-order valence-electron chi connectivity index (χ2n) is 2.45. The molecule has 0 saturated carbocycles. The first-order valence-electron chi connectivity index (χ1n) is 5.09. The fourth-order valence-electron chi connectivity index (χ4n) is 0.921. The van der Waals surface area contributed by atoms with Crippen molar-refractivity contribution in [2.24, 2.45) is 4.99 Å². The van der Waals surface area contributed by atoms with Gasteiger partial charge in [-0.05, 0) is 31.9 Å². The summed E-state index contributed by atoms with van der Waals surface area (Å²) in [5.41, 5.74) is 1.63. The Morgan fingerprint density at radius 1 is 1.40 bits per heavy atom. The van der Waals surface area contributed by atoms with Crippen LogP contribution in [0.2, 0.25) is 0 Å². The zero-order chi connectivity index (χ0) is 11.5. The van der Waals surface area contributed by atoms with E-state index in [0.29, 0.717) is 0 Å². The molecule has 0 amide bonds. The molecule has 0 atom stereocenters. The molecule has 15 heavy (non-hydrogen) atoms. The maximum atomic E-state index is 4.17. The summed E-state index contributed by atoms with van der Waals surface area (Å²) in [6.07, 6.45) is 7.48. The summed E-state index contributed by atoms with van der Waals surface area (Å²) >= 11 is 0. The Kier molecular flexibility index (Phi) is 7.87. The van der Waals surface area contributed by atoms with Crippen LogP contribution < -0.4 is 0 Å². The lowest BCUT2D eigenvalue weighted by Gasteiger charge is -1.97. The quantitative estimate of drug-likeness (QED) is 0.541. The molecule has 0 saturated heterocycles. The molecule has 0 aliphatic carbocycles. The van der Waals surface area contributed by atoms with Crippen LogP contribution >= 0.6 is 0 Å². The number of hydrogen-bond donors (Lipinski definition) is 0. The fraction of sp³-hybridized carbons (Fsp3) is 0.231. The summed E-state index contributed by atoms with van der Waals surface area (Å²) in [6, 6.07) is 5.71. The predicted molar refractivity (Wildman–Crippen MR) is 67.9 cm³/mol. The number of aromatic nitrogens is 1. The van der Waals surface area contributed by atoms with Crippen molar-refractivity contribution >= 4 is 12.4 Å². The second kappa shape index (κ2) is 8.88. The molecule has 0 bridgehead atoms. The zero-order valence-corrected chi connectivity index (χ0v) is 9.64. The van der Waals surface area contributed by atoms with Crippen molar-refractivity contribution in [3.8, 4) is 0 Å².